The van der Waals surface area contributed by atoms with Gasteiger partial charge in [-0.2, -0.15) is 0 Å². The van der Waals surface area contributed by atoms with E-state index in [4.69, 9.17) is 28.0 Å². The van der Waals surface area contributed by atoms with Gasteiger partial charge in [0.05, 0.1) is 18.6 Å². The second-order valence-corrected chi connectivity index (χ2v) is 11.4. The average Bonchev–Trinajstić information content (AvgIpc) is 2.93. The summed E-state index contributed by atoms with van der Waals surface area (Å²) in [6.45, 7) is 0.223. The maximum Gasteiger partial charge on any atom is 0.255 e. The molecule has 2 aliphatic rings. The van der Waals surface area contributed by atoms with Crippen LogP contribution in [0.3, 0.4) is 0 Å². The lowest BCUT2D eigenvalue weighted by molar-refractivity contribution is -0.138. The van der Waals surface area contributed by atoms with Crippen molar-refractivity contribution >= 4 is 35.0 Å². The molecule has 1 fully saturated rings. The summed E-state index contributed by atoms with van der Waals surface area (Å²) in [5.74, 6) is -1.16. The normalized spacial score (nSPS) is 23.0. The van der Waals surface area contributed by atoms with Crippen LogP contribution in [0.5, 0.6) is 0 Å². The molecule has 0 bridgehead atoms. The molecular weight excluding hydrogens is 533 g/mol. The van der Waals surface area contributed by atoms with E-state index < -0.39 is 12.0 Å². The van der Waals surface area contributed by atoms with Crippen LogP contribution in [-0.4, -0.2) is 47.8 Å². The molecule has 0 radical (unpaired) electrons. The summed E-state index contributed by atoms with van der Waals surface area (Å²) in [5.41, 5.74) is 5.51. The molecule has 2 amide bonds. The number of hydrogen-bond acceptors (Lipinski definition) is 4. The standard InChI is InChI=1S/C31H33Cl2N3O3/c1-35(2)26-14-8-9-15-27(26)36-29(24-17-16-21(32)18-25(24)33)28(22-12-6-7-13-23(22)31(36)38)30(37)34-39-19-20-10-4-3-5-11-20/h3-7,10-13,16-18,26-29H,8-9,14-15,19H2,1-2H3,(H,34,37)/t26-,27-,28+,29-/m0/s1. The number of nitrogens with one attached hydrogen (secondary N) is 1. The second kappa shape index (κ2) is 12.1. The molecule has 204 valence electrons. The van der Waals surface area contributed by atoms with Crippen LogP contribution in [0.4, 0.5) is 0 Å². The molecule has 0 spiro atoms. The number of nitrogens with zero attached hydrogens (tertiary/aromatic N) is 2. The van der Waals surface area contributed by atoms with E-state index in [1.165, 1.54) is 0 Å². The molecule has 3 aromatic rings. The monoisotopic (exact) mass is 565 g/mol. The van der Waals surface area contributed by atoms with Gasteiger partial charge in [0.25, 0.3) is 11.8 Å². The zero-order valence-corrected chi connectivity index (χ0v) is 23.7. The van der Waals surface area contributed by atoms with E-state index in [2.05, 4.69) is 24.5 Å². The SMILES string of the molecule is CN(C)[C@H]1CCCC[C@@H]1N1C(=O)c2ccccc2[C@@H](C(=O)NOCc2ccccc2)[C@@H]1c1ccc(Cl)cc1Cl. The molecule has 1 heterocycles. The van der Waals surface area contributed by atoms with Crippen molar-refractivity contribution in [3.8, 4) is 0 Å². The number of carbonyl (C=O) groups excluding carboxylic acids is 2. The number of rotatable bonds is 7. The van der Waals surface area contributed by atoms with Gasteiger partial charge >= 0.3 is 0 Å². The molecule has 0 unspecified atom stereocenters. The number of halogens is 2. The highest BCUT2D eigenvalue weighted by Crippen LogP contribution is 2.48. The van der Waals surface area contributed by atoms with Crippen LogP contribution < -0.4 is 5.48 Å². The van der Waals surface area contributed by atoms with Gasteiger partial charge in [-0.05, 0) is 61.8 Å². The molecule has 3 aromatic carbocycles. The van der Waals surface area contributed by atoms with E-state index in [9.17, 15) is 9.59 Å². The fourth-order valence-electron chi connectivity index (χ4n) is 6.12. The fourth-order valence-corrected chi connectivity index (χ4v) is 6.64. The largest absolute Gasteiger partial charge is 0.326 e. The maximum atomic E-state index is 14.3. The van der Waals surface area contributed by atoms with Crippen LogP contribution in [0.25, 0.3) is 0 Å². The van der Waals surface area contributed by atoms with Gasteiger partial charge in [-0.15, -0.1) is 0 Å². The molecule has 5 rings (SSSR count). The lowest BCUT2D eigenvalue weighted by Crippen LogP contribution is -2.58. The Hall–Kier alpha value is -2.90. The minimum absolute atomic E-state index is 0.0883. The summed E-state index contributed by atoms with van der Waals surface area (Å²) in [6.07, 6.45) is 3.93. The minimum atomic E-state index is -0.738. The van der Waals surface area contributed by atoms with Crippen molar-refractivity contribution in [3.05, 3.63) is 105 Å². The number of amides is 2. The highest BCUT2D eigenvalue weighted by Gasteiger charge is 2.49. The van der Waals surface area contributed by atoms with E-state index in [1.807, 2.05) is 65.6 Å². The Bertz CT molecular complexity index is 1330. The van der Waals surface area contributed by atoms with Crippen LogP contribution in [-0.2, 0) is 16.2 Å². The molecule has 0 aromatic heterocycles. The van der Waals surface area contributed by atoms with Crippen molar-refractivity contribution in [2.45, 2.75) is 56.3 Å². The molecule has 39 heavy (non-hydrogen) atoms. The molecule has 1 aliphatic carbocycles. The average molecular weight is 567 g/mol. The van der Waals surface area contributed by atoms with Crippen molar-refractivity contribution in [2.75, 3.05) is 14.1 Å². The van der Waals surface area contributed by atoms with Gasteiger partial charge in [-0.1, -0.05) is 90.6 Å². The van der Waals surface area contributed by atoms with E-state index >= 15 is 0 Å². The summed E-state index contributed by atoms with van der Waals surface area (Å²) in [6, 6.07) is 21.7. The smallest absolute Gasteiger partial charge is 0.255 e. The first-order chi connectivity index (χ1) is 18.9. The third kappa shape index (κ3) is 5.71. The fraction of sp³-hybridized carbons (Fsp3) is 0.355. The Balaban J connectivity index is 1.59. The third-order valence-corrected chi connectivity index (χ3v) is 8.47. The Morgan fingerprint density at radius 3 is 2.44 bits per heavy atom. The highest BCUT2D eigenvalue weighted by atomic mass is 35.5. The molecule has 6 nitrogen and oxygen atoms in total. The van der Waals surface area contributed by atoms with Crippen LogP contribution in [0.15, 0.2) is 72.8 Å². The Kier molecular flexibility index (Phi) is 8.57. The quantitative estimate of drug-likeness (QED) is 0.337. The molecule has 4 atom stereocenters. The topological polar surface area (TPSA) is 61.9 Å². The van der Waals surface area contributed by atoms with E-state index in [-0.39, 0.29) is 30.5 Å². The predicted molar refractivity (Wildman–Crippen MR) is 154 cm³/mol. The van der Waals surface area contributed by atoms with Crippen LogP contribution >= 0.6 is 23.2 Å². The zero-order chi connectivity index (χ0) is 27.5. The predicted octanol–water partition coefficient (Wildman–Crippen LogP) is 6.39. The number of likely N-dealkylation sites (N-methyl/N-ethyl adjacent to an activating group) is 1. The zero-order valence-electron chi connectivity index (χ0n) is 22.1. The van der Waals surface area contributed by atoms with Gasteiger partial charge in [0.15, 0.2) is 0 Å². The van der Waals surface area contributed by atoms with E-state index in [0.29, 0.717) is 26.7 Å². The first kappa shape index (κ1) is 27.7. The Morgan fingerprint density at radius 1 is 0.974 bits per heavy atom. The van der Waals surface area contributed by atoms with Crippen molar-refractivity contribution < 1.29 is 14.4 Å². The van der Waals surface area contributed by atoms with Gasteiger partial charge < -0.3 is 9.80 Å². The molecule has 1 aliphatic heterocycles. The van der Waals surface area contributed by atoms with E-state index in [0.717, 1.165) is 31.2 Å². The van der Waals surface area contributed by atoms with Gasteiger partial charge in [0.2, 0.25) is 0 Å². The van der Waals surface area contributed by atoms with Gasteiger partial charge in [-0.3, -0.25) is 14.4 Å². The maximum absolute atomic E-state index is 14.3. The van der Waals surface area contributed by atoms with Crippen molar-refractivity contribution in [3.63, 3.8) is 0 Å². The van der Waals surface area contributed by atoms with Crippen LogP contribution in [0, 0.1) is 0 Å². The van der Waals surface area contributed by atoms with Crippen LogP contribution in [0.1, 0.15) is 64.7 Å². The first-order valence-electron chi connectivity index (χ1n) is 13.4. The van der Waals surface area contributed by atoms with Gasteiger partial charge in [0, 0.05) is 27.7 Å². The molecule has 0 saturated heterocycles. The Morgan fingerprint density at radius 2 is 1.69 bits per heavy atom. The number of fused-ring (bicyclic) bond motifs is 1. The first-order valence-corrected chi connectivity index (χ1v) is 14.1. The van der Waals surface area contributed by atoms with Gasteiger partial charge in [-0.25, -0.2) is 5.48 Å². The highest BCUT2D eigenvalue weighted by molar-refractivity contribution is 6.35. The summed E-state index contributed by atoms with van der Waals surface area (Å²) in [5, 5.41) is 0.916. The van der Waals surface area contributed by atoms with Crippen molar-refractivity contribution in [2.24, 2.45) is 0 Å². The molecular formula is C31H33Cl2N3O3. The van der Waals surface area contributed by atoms with E-state index in [1.54, 1.807) is 12.1 Å². The third-order valence-electron chi connectivity index (χ3n) is 7.91. The summed E-state index contributed by atoms with van der Waals surface area (Å²) >= 11 is 13.1. The lowest BCUT2D eigenvalue weighted by Gasteiger charge is -2.50. The number of hydroxylamine groups is 1. The van der Waals surface area contributed by atoms with Crippen molar-refractivity contribution in [1.82, 2.24) is 15.3 Å². The van der Waals surface area contributed by atoms with Gasteiger partial charge in [0.1, 0.15) is 0 Å². The van der Waals surface area contributed by atoms with Crippen molar-refractivity contribution in [1.29, 1.82) is 0 Å². The summed E-state index contributed by atoms with van der Waals surface area (Å²) in [7, 11) is 4.11. The summed E-state index contributed by atoms with van der Waals surface area (Å²) < 4.78 is 0. The number of hydrogen-bond donors (Lipinski definition) is 1. The number of carbonyl (C=O) groups is 2. The number of benzene rings is 3. The molecule has 1 N–H and O–H groups in total. The second-order valence-electron chi connectivity index (χ2n) is 10.5. The molecule has 8 heteroatoms. The Labute approximate surface area is 239 Å². The minimum Gasteiger partial charge on any atom is -0.326 e. The lowest BCUT2D eigenvalue weighted by atomic mass is 9.76. The summed E-state index contributed by atoms with van der Waals surface area (Å²) in [4.78, 5) is 38.1. The molecule has 1 saturated carbocycles. The van der Waals surface area contributed by atoms with Crippen LogP contribution in [0.2, 0.25) is 10.0 Å².